The summed E-state index contributed by atoms with van der Waals surface area (Å²) in [4.78, 5) is 0. The number of methoxy groups -OCH3 is 2. The van der Waals surface area contributed by atoms with Crippen LogP contribution in [0.4, 0.5) is 0 Å². The molecular weight excluding hydrogens is 288 g/mol. The largest absolute Gasteiger partial charge is 0.501 e. The molecule has 0 radical (unpaired) electrons. The Morgan fingerprint density at radius 3 is 2.83 bits per heavy atom. The maximum absolute atomic E-state index is 6.13. The highest BCUT2D eigenvalue weighted by atomic mass is 16.5. The molecule has 0 amide bonds. The summed E-state index contributed by atoms with van der Waals surface area (Å²) in [6.45, 7) is 4.07. The highest BCUT2D eigenvalue weighted by Gasteiger charge is 2.61. The van der Waals surface area contributed by atoms with E-state index in [0.717, 1.165) is 37.9 Å². The zero-order valence-corrected chi connectivity index (χ0v) is 14.8. The summed E-state index contributed by atoms with van der Waals surface area (Å²) in [5, 5.41) is 0. The van der Waals surface area contributed by atoms with E-state index in [2.05, 4.69) is 6.92 Å². The van der Waals surface area contributed by atoms with E-state index in [1.54, 1.807) is 11.1 Å². The van der Waals surface area contributed by atoms with Crippen LogP contribution in [0.3, 0.4) is 0 Å². The highest BCUT2D eigenvalue weighted by Crippen LogP contribution is 2.64. The Kier molecular flexibility index (Phi) is 3.85. The summed E-state index contributed by atoms with van der Waals surface area (Å²) >= 11 is 0. The fraction of sp³-hybridized carbons (Fsp3) is 0.800. The van der Waals surface area contributed by atoms with E-state index in [-0.39, 0.29) is 11.0 Å². The average molecular weight is 318 g/mol. The van der Waals surface area contributed by atoms with Gasteiger partial charge in [-0.15, -0.1) is 0 Å². The lowest BCUT2D eigenvalue weighted by Gasteiger charge is -2.52. The molecule has 2 saturated carbocycles. The number of fused-ring (bicyclic) bond motifs is 4. The first-order valence-corrected chi connectivity index (χ1v) is 9.22. The molecule has 0 spiro atoms. The molecule has 0 N–H and O–H groups in total. The lowest BCUT2D eigenvalue weighted by molar-refractivity contribution is -0.147. The molecule has 0 bridgehead atoms. The van der Waals surface area contributed by atoms with Crippen molar-refractivity contribution in [3.8, 4) is 0 Å². The zero-order valence-electron chi connectivity index (χ0n) is 14.8. The number of hydrogen-bond acceptors (Lipinski definition) is 3. The van der Waals surface area contributed by atoms with Crippen LogP contribution < -0.4 is 0 Å². The molecule has 3 nitrogen and oxygen atoms in total. The van der Waals surface area contributed by atoms with Gasteiger partial charge in [-0.2, -0.15) is 0 Å². The highest BCUT2D eigenvalue weighted by molar-refractivity contribution is 5.42. The van der Waals surface area contributed by atoms with Gasteiger partial charge in [-0.3, -0.25) is 0 Å². The molecule has 3 heteroatoms. The molecule has 1 aliphatic heterocycles. The first kappa shape index (κ1) is 15.7. The van der Waals surface area contributed by atoms with Crippen LogP contribution in [0.2, 0.25) is 0 Å². The van der Waals surface area contributed by atoms with Crippen molar-refractivity contribution in [1.29, 1.82) is 0 Å². The maximum atomic E-state index is 6.13. The molecular formula is C20H30O3. The predicted octanol–water partition coefficient (Wildman–Crippen LogP) is 4.24. The first-order chi connectivity index (χ1) is 11.1. The molecule has 4 aliphatic rings. The van der Waals surface area contributed by atoms with Crippen molar-refractivity contribution in [2.24, 2.45) is 17.3 Å². The molecule has 128 valence electrons. The van der Waals surface area contributed by atoms with Gasteiger partial charge in [-0.25, -0.2) is 0 Å². The third-order valence-electron chi connectivity index (χ3n) is 7.53. The third-order valence-corrected chi connectivity index (χ3v) is 7.53. The van der Waals surface area contributed by atoms with E-state index in [0.29, 0.717) is 0 Å². The Morgan fingerprint density at radius 1 is 1.17 bits per heavy atom. The smallest absolute Gasteiger partial charge is 0.0967 e. The summed E-state index contributed by atoms with van der Waals surface area (Å²) in [5.74, 6) is 1.51. The number of ether oxygens (including phenoxy) is 3. The molecule has 1 unspecified atom stereocenters. The van der Waals surface area contributed by atoms with Crippen LogP contribution in [0, 0.1) is 17.3 Å². The predicted molar refractivity (Wildman–Crippen MR) is 90.1 cm³/mol. The van der Waals surface area contributed by atoms with E-state index in [1.165, 1.54) is 37.7 Å². The van der Waals surface area contributed by atoms with Crippen molar-refractivity contribution in [2.45, 2.75) is 57.5 Å². The van der Waals surface area contributed by atoms with Crippen molar-refractivity contribution in [1.82, 2.24) is 0 Å². The molecule has 0 aromatic heterocycles. The van der Waals surface area contributed by atoms with Gasteiger partial charge in [0.05, 0.1) is 25.1 Å². The van der Waals surface area contributed by atoms with E-state index < -0.39 is 0 Å². The van der Waals surface area contributed by atoms with Crippen molar-refractivity contribution < 1.29 is 14.2 Å². The number of hydrogen-bond donors (Lipinski definition) is 0. The van der Waals surface area contributed by atoms with Gasteiger partial charge in [-0.1, -0.05) is 12.5 Å². The van der Waals surface area contributed by atoms with Crippen LogP contribution >= 0.6 is 0 Å². The average Bonchev–Trinajstić information content (AvgIpc) is 2.88. The minimum absolute atomic E-state index is 0.0889. The Hall–Kier alpha value is -0.800. The maximum Gasteiger partial charge on any atom is 0.0967 e. The van der Waals surface area contributed by atoms with Gasteiger partial charge < -0.3 is 14.2 Å². The first-order valence-electron chi connectivity index (χ1n) is 9.22. The van der Waals surface area contributed by atoms with E-state index >= 15 is 0 Å². The molecule has 4 rings (SSSR count). The van der Waals surface area contributed by atoms with E-state index in [1.807, 2.05) is 20.5 Å². The number of rotatable bonds is 3. The normalized spacial score (nSPS) is 42.5. The molecule has 0 aromatic carbocycles. The fourth-order valence-corrected chi connectivity index (χ4v) is 6.27. The van der Waals surface area contributed by atoms with Crippen molar-refractivity contribution >= 4 is 0 Å². The SMILES string of the molecule is COCC1(OC)CC[C@H]2[C@@H]3CCC4=COCCC4=C3CC[C@@]21C. The van der Waals surface area contributed by atoms with Gasteiger partial charge in [-0.05, 0) is 61.5 Å². The molecule has 4 atom stereocenters. The summed E-state index contributed by atoms with van der Waals surface area (Å²) < 4.78 is 17.3. The summed E-state index contributed by atoms with van der Waals surface area (Å²) in [6, 6.07) is 0. The van der Waals surface area contributed by atoms with Crippen molar-refractivity contribution in [2.75, 3.05) is 27.4 Å². The lowest BCUT2D eigenvalue weighted by atomic mass is 9.55. The second-order valence-corrected chi connectivity index (χ2v) is 8.11. The van der Waals surface area contributed by atoms with Crippen LogP contribution in [0.15, 0.2) is 23.0 Å². The van der Waals surface area contributed by atoms with Gasteiger partial charge in [0.2, 0.25) is 0 Å². The molecule has 23 heavy (non-hydrogen) atoms. The number of allylic oxidation sites excluding steroid dienone is 2. The van der Waals surface area contributed by atoms with Gasteiger partial charge in [0.1, 0.15) is 0 Å². The van der Waals surface area contributed by atoms with Crippen molar-refractivity contribution in [3.63, 3.8) is 0 Å². The Bertz CT molecular complexity index is 549. The Labute approximate surface area is 140 Å². The molecule has 0 aromatic rings. The van der Waals surface area contributed by atoms with Crippen molar-refractivity contribution in [3.05, 3.63) is 23.0 Å². The molecule has 2 fully saturated rings. The quantitative estimate of drug-likeness (QED) is 0.779. The minimum atomic E-state index is -0.0889. The monoisotopic (exact) mass is 318 g/mol. The Balaban J connectivity index is 1.71. The summed E-state index contributed by atoms with van der Waals surface area (Å²) in [5.41, 5.74) is 5.06. The Morgan fingerprint density at radius 2 is 2.04 bits per heavy atom. The van der Waals surface area contributed by atoms with Crippen LogP contribution in [0.25, 0.3) is 0 Å². The molecule has 3 aliphatic carbocycles. The van der Waals surface area contributed by atoms with Gasteiger partial charge in [0.25, 0.3) is 0 Å². The van der Waals surface area contributed by atoms with Gasteiger partial charge in [0.15, 0.2) is 0 Å². The second kappa shape index (κ2) is 5.63. The topological polar surface area (TPSA) is 27.7 Å². The van der Waals surface area contributed by atoms with E-state index in [9.17, 15) is 0 Å². The molecule has 0 saturated heterocycles. The van der Waals surface area contributed by atoms with Crippen LogP contribution in [-0.4, -0.2) is 33.0 Å². The fourth-order valence-electron chi connectivity index (χ4n) is 6.27. The van der Waals surface area contributed by atoms with Gasteiger partial charge >= 0.3 is 0 Å². The molecule has 1 heterocycles. The standard InChI is InChI=1S/C20H30O3/c1-19-9-6-16-15-8-11-23-12-14(15)4-5-17(16)18(19)7-10-20(19,22-3)13-21-2/h12,17-18H,4-11,13H2,1-3H3/t17-,18+,19+,20?/m1/s1. The van der Waals surface area contributed by atoms with Crippen LogP contribution in [0.5, 0.6) is 0 Å². The zero-order chi connectivity index (χ0) is 16.1. The second-order valence-electron chi connectivity index (χ2n) is 8.11. The summed E-state index contributed by atoms with van der Waals surface area (Å²) in [6.07, 6.45) is 10.5. The van der Waals surface area contributed by atoms with E-state index in [4.69, 9.17) is 14.2 Å². The lowest BCUT2D eigenvalue weighted by Crippen LogP contribution is -2.53. The van der Waals surface area contributed by atoms with Crippen LogP contribution in [-0.2, 0) is 14.2 Å². The third kappa shape index (κ3) is 2.09. The minimum Gasteiger partial charge on any atom is -0.501 e. The van der Waals surface area contributed by atoms with Crippen LogP contribution in [0.1, 0.15) is 51.9 Å². The summed E-state index contributed by atoms with van der Waals surface area (Å²) in [7, 11) is 3.70. The van der Waals surface area contributed by atoms with Gasteiger partial charge in [0, 0.05) is 26.1 Å².